The van der Waals surface area contributed by atoms with E-state index in [4.69, 9.17) is 0 Å². The molecule has 0 aliphatic rings. The summed E-state index contributed by atoms with van der Waals surface area (Å²) in [5.74, 6) is 0. The highest BCUT2D eigenvalue weighted by atomic mass is 14.2. The van der Waals surface area contributed by atoms with Crippen LogP contribution in [0.2, 0.25) is 0 Å². The molecule has 0 fully saturated rings. The Kier molecular flexibility index (Phi) is 1.80. The number of hydrogen-bond acceptors (Lipinski definition) is 0. The topological polar surface area (TPSA) is 0 Å². The zero-order valence-corrected chi connectivity index (χ0v) is 6.81. The van der Waals surface area contributed by atoms with Crippen LogP contribution in [0.3, 0.4) is 0 Å². The summed E-state index contributed by atoms with van der Waals surface area (Å²) in [5.41, 5.74) is 1.51. The van der Waals surface area contributed by atoms with Gasteiger partial charge in [0.25, 0.3) is 0 Å². The fraction of sp³-hybridized carbons (Fsp3) is 0.400. The largest absolute Gasteiger partial charge is 0.0619 e. The zero-order chi connectivity index (χ0) is 7.61. The standard InChI is InChI=1S/C10H13/c1-10(2,3)9-7-5-4-6-8-9/h4-7H,1-3H3. The van der Waals surface area contributed by atoms with Gasteiger partial charge < -0.3 is 0 Å². The second kappa shape index (κ2) is 2.45. The first-order valence-electron chi connectivity index (χ1n) is 3.58. The highest BCUT2D eigenvalue weighted by Gasteiger charge is 2.11. The van der Waals surface area contributed by atoms with Crippen molar-refractivity contribution in [1.29, 1.82) is 0 Å². The van der Waals surface area contributed by atoms with Crippen LogP contribution in [0.1, 0.15) is 26.3 Å². The molecule has 0 aliphatic heterocycles. The van der Waals surface area contributed by atoms with Gasteiger partial charge >= 0.3 is 0 Å². The minimum Gasteiger partial charge on any atom is -0.0619 e. The second-order valence-corrected chi connectivity index (χ2v) is 3.53. The van der Waals surface area contributed by atoms with Crippen LogP contribution in [-0.2, 0) is 5.41 Å². The van der Waals surface area contributed by atoms with Crippen LogP contribution in [-0.4, -0.2) is 0 Å². The minimum atomic E-state index is 0.237. The molecule has 0 nitrogen and oxygen atoms in total. The molecule has 0 heteroatoms. The Morgan fingerprint density at radius 3 is 2.20 bits per heavy atom. The van der Waals surface area contributed by atoms with E-state index in [0.29, 0.717) is 0 Å². The number of hydrogen-bond donors (Lipinski definition) is 0. The first-order chi connectivity index (χ1) is 4.61. The van der Waals surface area contributed by atoms with Crippen molar-refractivity contribution in [2.45, 2.75) is 26.2 Å². The van der Waals surface area contributed by atoms with Crippen LogP contribution in [0.5, 0.6) is 0 Å². The lowest BCUT2D eigenvalue weighted by molar-refractivity contribution is 0.589. The Balaban J connectivity index is 2.97. The summed E-state index contributed by atoms with van der Waals surface area (Å²) in [6, 6.07) is 11.3. The van der Waals surface area contributed by atoms with E-state index in [9.17, 15) is 0 Å². The van der Waals surface area contributed by atoms with Crippen molar-refractivity contribution < 1.29 is 0 Å². The SMILES string of the molecule is CC(C)(C)c1[c]cccc1. The van der Waals surface area contributed by atoms with Gasteiger partial charge in [-0.1, -0.05) is 45.0 Å². The lowest BCUT2D eigenvalue weighted by Crippen LogP contribution is -2.10. The highest BCUT2D eigenvalue weighted by molar-refractivity contribution is 5.20. The van der Waals surface area contributed by atoms with Crippen molar-refractivity contribution >= 4 is 0 Å². The van der Waals surface area contributed by atoms with Crippen molar-refractivity contribution in [2.24, 2.45) is 0 Å². The second-order valence-electron chi connectivity index (χ2n) is 3.53. The summed E-state index contributed by atoms with van der Waals surface area (Å²) >= 11 is 0. The molecule has 0 aliphatic carbocycles. The van der Waals surface area contributed by atoms with E-state index in [1.165, 1.54) is 5.56 Å². The summed E-state index contributed by atoms with van der Waals surface area (Å²) in [6.45, 7) is 6.58. The van der Waals surface area contributed by atoms with Gasteiger partial charge in [-0.2, -0.15) is 0 Å². The van der Waals surface area contributed by atoms with Crippen molar-refractivity contribution in [3.05, 3.63) is 35.9 Å². The summed E-state index contributed by atoms with van der Waals surface area (Å²) < 4.78 is 0. The fourth-order valence-electron chi connectivity index (χ4n) is 0.860. The predicted octanol–water partition coefficient (Wildman–Crippen LogP) is 2.78. The van der Waals surface area contributed by atoms with E-state index in [1.54, 1.807) is 0 Å². The van der Waals surface area contributed by atoms with E-state index >= 15 is 0 Å². The van der Waals surface area contributed by atoms with Gasteiger partial charge in [0.1, 0.15) is 0 Å². The van der Waals surface area contributed by atoms with Gasteiger partial charge in [0.05, 0.1) is 0 Å². The maximum absolute atomic E-state index is 3.21. The summed E-state index contributed by atoms with van der Waals surface area (Å²) in [6.07, 6.45) is 0. The Labute approximate surface area is 62.9 Å². The summed E-state index contributed by atoms with van der Waals surface area (Å²) in [7, 11) is 0. The smallest absolute Gasteiger partial charge is 0.0126 e. The van der Waals surface area contributed by atoms with Crippen LogP contribution in [0, 0.1) is 6.07 Å². The van der Waals surface area contributed by atoms with Crippen LogP contribution in [0.15, 0.2) is 24.3 Å². The molecule has 0 N–H and O–H groups in total. The first-order valence-corrected chi connectivity index (χ1v) is 3.58. The number of rotatable bonds is 0. The van der Waals surface area contributed by atoms with E-state index in [0.717, 1.165) is 0 Å². The Morgan fingerprint density at radius 1 is 1.20 bits per heavy atom. The lowest BCUT2D eigenvalue weighted by Gasteiger charge is -2.17. The molecule has 1 aromatic carbocycles. The predicted molar refractivity (Wildman–Crippen MR) is 44.0 cm³/mol. The molecule has 53 valence electrons. The maximum atomic E-state index is 3.21. The lowest BCUT2D eigenvalue weighted by atomic mass is 9.87. The minimum absolute atomic E-state index is 0.237. The Bertz CT molecular complexity index is 191. The molecular formula is C10H13. The molecule has 10 heavy (non-hydrogen) atoms. The molecule has 1 radical (unpaired) electrons. The van der Waals surface area contributed by atoms with Gasteiger partial charge in [0.2, 0.25) is 0 Å². The molecule has 0 bridgehead atoms. The monoisotopic (exact) mass is 133 g/mol. The van der Waals surface area contributed by atoms with Gasteiger partial charge in [-0.3, -0.25) is 0 Å². The Hall–Kier alpha value is -0.780. The highest BCUT2D eigenvalue weighted by Crippen LogP contribution is 2.20. The van der Waals surface area contributed by atoms with Crippen LogP contribution in [0.4, 0.5) is 0 Å². The van der Waals surface area contributed by atoms with Crippen molar-refractivity contribution in [3.8, 4) is 0 Å². The third-order valence-corrected chi connectivity index (χ3v) is 1.52. The molecule has 0 saturated carbocycles. The molecule has 1 aromatic rings. The van der Waals surface area contributed by atoms with E-state index in [1.807, 2.05) is 12.1 Å². The van der Waals surface area contributed by atoms with Gasteiger partial charge in [-0.15, -0.1) is 0 Å². The summed E-state index contributed by atoms with van der Waals surface area (Å²) in [4.78, 5) is 0. The van der Waals surface area contributed by atoms with E-state index in [2.05, 4.69) is 39.0 Å². The molecule has 0 unspecified atom stereocenters. The molecule has 0 spiro atoms. The van der Waals surface area contributed by atoms with Crippen LogP contribution >= 0.6 is 0 Å². The molecule has 0 aromatic heterocycles. The quantitative estimate of drug-likeness (QED) is 0.510. The van der Waals surface area contributed by atoms with E-state index < -0.39 is 0 Å². The molecule has 0 heterocycles. The average Bonchev–Trinajstić information content (AvgIpc) is 1.88. The van der Waals surface area contributed by atoms with Crippen LogP contribution in [0.25, 0.3) is 0 Å². The first kappa shape index (κ1) is 7.33. The molecule has 0 saturated heterocycles. The number of benzene rings is 1. The molecule has 0 amide bonds. The fourth-order valence-corrected chi connectivity index (χ4v) is 0.860. The maximum Gasteiger partial charge on any atom is -0.0126 e. The van der Waals surface area contributed by atoms with Crippen molar-refractivity contribution in [2.75, 3.05) is 0 Å². The molecule has 1 rings (SSSR count). The van der Waals surface area contributed by atoms with Crippen molar-refractivity contribution in [3.63, 3.8) is 0 Å². The van der Waals surface area contributed by atoms with Gasteiger partial charge in [0.15, 0.2) is 0 Å². The van der Waals surface area contributed by atoms with E-state index in [-0.39, 0.29) is 5.41 Å². The van der Waals surface area contributed by atoms with Crippen molar-refractivity contribution in [1.82, 2.24) is 0 Å². The van der Waals surface area contributed by atoms with Gasteiger partial charge in [-0.05, 0) is 17.0 Å². The third kappa shape index (κ3) is 1.60. The average molecular weight is 133 g/mol. The molecular weight excluding hydrogens is 120 g/mol. The molecule has 0 atom stereocenters. The van der Waals surface area contributed by atoms with Crippen LogP contribution < -0.4 is 0 Å². The Morgan fingerprint density at radius 2 is 1.90 bits per heavy atom. The van der Waals surface area contributed by atoms with Gasteiger partial charge in [0, 0.05) is 0 Å². The normalized spacial score (nSPS) is 11.5. The third-order valence-electron chi connectivity index (χ3n) is 1.52. The summed E-state index contributed by atoms with van der Waals surface area (Å²) in [5, 5.41) is 0. The zero-order valence-electron chi connectivity index (χ0n) is 6.81. The van der Waals surface area contributed by atoms with Gasteiger partial charge in [-0.25, -0.2) is 0 Å².